The molecule has 1 aliphatic rings. The maximum atomic E-state index is 4.99. The van der Waals surface area contributed by atoms with Gasteiger partial charge in [0.1, 0.15) is 5.82 Å². The molecule has 0 amide bonds. The standard InChI is InChI=1S/C64H62BN4.Pt/c1-61(2,3)47-32-33-66-60(41-47)69-58-29-21-20-28-56(58)57-31-30-52(43-59(57)69)65(51-26-18-13-19-27-51)53-37-48(62(4,5)6)38-55(42-53)68-35-34-67(44-68)54-39-49(63(7,8)45-22-14-11-15-23-45)36-50(40-54)64(9,10)46-24-16-12-17-25-46;/h11-41,44H,1-10H3;/q-3;. The number of nitrogens with zero attached hydrogens (tertiary/aromatic N) is 4. The van der Waals surface area contributed by atoms with Crippen LogP contribution in [0.25, 0.3) is 27.6 Å². The van der Waals surface area contributed by atoms with E-state index >= 15 is 0 Å². The number of anilines is 2. The van der Waals surface area contributed by atoms with Gasteiger partial charge in [0.15, 0.2) is 6.71 Å². The Balaban J connectivity index is 0.00000608. The van der Waals surface area contributed by atoms with Gasteiger partial charge in [-0.3, -0.25) is 0 Å². The van der Waals surface area contributed by atoms with Crippen molar-refractivity contribution in [3.8, 4) is 5.82 Å². The molecule has 0 unspecified atom stereocenters. The van der Waals surface area contributed by atoms with Crippen LogP contribution in [-0.4, -0.2) is 16.3 Å². The summed E-state index contributed by atoms with van der Waals surface area (Å²) in [7, 11) is 0. The van der Waals surface area contributed by atoms with Gasteiger partial charge in [0, 0.05) is 49.3 Å². The normalized spacial score (nSPS) is 13.3. The first-order valence-electron chi connectivity index (χ1n) is 24.4. The Kier molecular flexibility index (Phi) is 13.0. The van der Waals surface area contributed by atoms with Gasteiger partial charge in [-0.1, -0.05) is 195 Å². The van der Waals surface area contributed by atoms with Crippen LogP contribution in [-0.2, 0) is 42.7 Å². The van der Waals surface area contributed by atoms with Crippen LogP contribution in [0, 0.1) is 18.8 Å². The van der Waals surface area contributed by atoms with Crippen molar-refractivity contribution in [3.63, 3.8) is 0 Å². The zero-order chi connectivity index (χ0) is 48.3. The molecular weight excluding hydrogens is 1030 g/mol. The van der Waals surface area contributed by atoms with Gasteiger partial charge in [0.2, 0.25) is 0 Å². The van der Waals surface area contributed by atoms with Crippen LogP contribution >= 0.6 is 0 Å². The van der Waals surface area contributed by atoms with E-state index in [0.717, 1.165) is 44.5 Å². The minimum atomic E-state index is -0.237. The number of hydrogen-bond donors (Lipinski definition) is 0. The fraction of sp³-hybridized carbons (Fsp3) is 0.219. The molecule has 0 spiro atoms. The largest absolute Gasteiger partial charge is 0.500 e. The van der Waals surface area contributed by atoms with Gasteiger partial charge < -0.3 is 14.4 Å². The van der Waals surface area contributed by atoms with Crippen LogP contribution in [0.15, 0.2) is 188 Å². The predicted octanol–water partition coefficient (Wildman–Crippen LogP) is 13.5. The third-order valence-corrected chi connectivity index (χ3v) is 14.5. The third kappa shape index (κ3) is 9.22. The van der Waals surface area contributed by atoms with Crippen LogP contribution in [0.3, 0.4) is 0 Å². The van der Waals surface area contributed by atoms with E-state index in [1.165, 1.54) is 44.2 Å². The summed E-state index contributed by atoms with van der Waals surface area (Å²) in [5.41, 5.74) is 14.5. The summed E-state index contributed by atoms with van der Waals surface area (Å²) < 4.78 is 2.30. The molecule has 70 heavy (non-hydrogen) atoms. The molecule has 0 fully saturated rings. The SMILES string of the molecule is CC(C)(C)c1cc(B(c2[c-]c3c(cc2)c2ccccc2n3-c2cc(C(C)(C)C)ccn2)c2ccccc2)[c-]c(N2C=CN(c3cc(C(C)(C)c4ccccc4)cc(C(C)(C)c4ccccc4)c3)[CH-]2)c1.[Pt]. The van der Waals surface area contributed by atoms with Gasteiger partial charge in [-0.15, -0.1) is 23.8 Å². The average molecular weight is 1090 g/mol. The Labute approximate surface area is 431 Å². The van der Waals surface area contributed by atoms with Gasteiger partial charge in [0.25, 0.3) is 0 Å². The second kappa shape index (κ2) is 18.7. The van der Waals surface area contributed by atoms with E-state index in [1.54, 1.807) is 0 Å². The molecule has 0 radical (unpaired) electrons. The topological polar surface area (TPSA) is 24.3 Å². The number of benzene rings is 7. The summed E-state index contributed by atoms with van der Waals surface area (Å²) in [6.45, 7) is 25.1. The Morgan fingerprint density at radius 2 is 1.04 bits per heavy atom. The van der Waals surface area contributed by atoms with Crippen LogP contribution in [0.4, 0.5) is 11.4 Å². The Bertz CT molecular complexity index is 3270. The molecule has 0 saturated carbocycles. The van der Waals surface area contributed by atoms with Gasteiger partial charge in [0.05, 0.1) is 0 Å². The molecular formula is C64H62BN4Pt-3. The van der Waals surface area contributed by atoms with Gasteiger partial charge in [-0.25, -0.2) is 4.98 Å². The number of aromatic nitrogens is 2. The van der Waals surface area contributed by atoms with E-state index in [2.05, 4.69) is 285 Å². The van der Waals surface area contributed by atoms with E-state index in [0.29, 0.717) is 0 Å². The summed E-state index contributed by atoms with van der Waals surface area (Å²) in [4.78, 5) is 9.49. The first-order chi connectivity index (χ1) is 33.0. The zero-order valence-corrected chi connectivity index (χ0v) is 44.4. The van der Waals surface area contributed by atoms with Gasteiger partial charge in [-0.05, 0) is 86.8 Å². The van der Waals surface area contributed by atoms with Crippen molar-refractivity contribution in [1.82, 2.24) is 9.55 Å². The van der Waals surface area contributed by atoms with Crippen LogP contribution in [0.2, 0.25) is 0 Å². The molecule has 9 aromatic rings. The molecule has 0 aliphatic carbocycles. The van der Waals surface area contributed by atoms with E-state index in [1.807, 2.05) is 6.20 Å². The van der Waals surface area contributed by atoms with Crippen molar-refractivity contribution in [3.05, 3.63) is 241 Å². The Morgan fingerprint density at radius 1 is 0.471 bits per heavy atom. The molecule has 4 nitrogen and oxygen atoms in total. The number of rotatable bonds is 10. The molecule has 0 bridgehead atoms. The van der Waals surface area contributed by atoms with E-state index in [-0.39, 0.29) is 49.4 Å². The maximum absolute atomic E-state index is 4.99. The van der Waals surface area contributed by atoms with E-state index < -0.39 is 0 Å². The maximum Gasteiger partial charge on any atom is 0.191 e. The van der Waals surface area contributed by atoms with Crippen molar-refractivity contribution < 1.29 is 21.1 Å². The Morgan fingerprint density at radius 3 is 1.66 bits per heavy atom. The first-order valence-corrected chi connectivity index (χ1v) is 24.4. The van der Waals surface area contributed by atoms with Gasteiger partial charge >= 0.3 is 0 Å². The molecule has 7 aromatic carbocycles. The molecule has 0 N–H and O–H groups in total. The zero-order valence-electron chi connectivity index (χ0n) is 42.2. The number of para-hydroxylation sites is 1. The molecule has 3 heterocycles. The molecule has 0 saturated heterocycles. The molecule has 10 rings (SSSR count). The number of hydrogen-bond acceptors (Lipinski definition) is 3. The monoisotopic (exact) mass is 1090 g/mol. The molecule has 1 aliphatic heterocycles. The minimum absolute atomic E-state index is 0. The summed E-state index contributed by atoms with van der Waals surface area (Å²) in [6.07, 6.45) is 6.30. The van der Waals surface area contributed by atoms with Crippen LogP contribution in [0.1, 0.15) is 103 Å². The quantitative estimate of drug-likeness (QED) is 0.101. The van der Waals surface area contributed by atoms with Crippen molar-refractivity contribution in [2.75, 3.05) is 9.80 Å². The summed E-state index contributed by atoms with van der Waals surface area (Å²) in [6, 6.07) is 70.1. The molecule has 6 heteroatoms. The predicted molar refractivity (Wildman–Crippen MR) is 293 cm³/mol. The smallest absolute Gasteiger partial charge is 0.191 e. The average Bonchev–Trinajstić information content (AvgIpc) is 3.98. The van der Waals surface area contributed by atoms with Crippen LogP contribution < -0.4 is 26.2 Å². The van der Waals surface area contributed by atoms with Crippen molar-refractivity contribution in [2.45, 2.75) is 90.9 Å². The number of pyridine rings is 1. The first kappa shape index (κ1) is 48.6. The number of fused-ring (bicyclic) bond motifs is 3. The minimum Gasteiger partial charge on any atom is -0.500 e. The summed E-state index contributed by atoms with van der Waals surface area (Å²) >= 11 is 0. The fourth-order valence-electron chi connectivity index (χ4n) is 9.97. The van der Waals surface area contributed by atoms with Crippen molar-refractivity contribution in [1.29, 1.82) is 0 Å². The van der Waals surface area contributed by atoms with Gasteiger partial charge in [-0.2, -0.15) is 46.8 Å². The summed E-state index contributed by atoms with van der Waals surface area (Å²) in [5, 5.41) is 2.34. The molecule has 0 atom stereocenters. The fourth-order valence-corrected chi connectivity index (χ4v) is 9.97. The van der Waals surface area contributed by atoms with Crippen molar-refractivity contribution in [2.24, 2.45) is 0 Å². The second-order valence-electron chi connectivity index (χ2n) is 22.0. The second-order valence-corrected chi connectivity index (χ2v) is 22.0. The Hall–Kier alpha value is -6.42. The van der Waals surface area contributed by atoms with Crippen LogP contribution in [0.5, 0.6) is 0 Å². The van der Waals surface area contributed by atoms with E-state index in [9.17, 15) is 0 Å². The molecule has 2 aromatic heterocycles. The summed E-state index contributed by atoms with van der Waals surface area (Å²) in [5.74, 6) is 0.896. The third-order valence-electron chi connectivity index (χ3n) is 14.5. The van der Waals surface area contributed by atoms with Crippen molar-refractivity contribution >= 4 is 56.3 Å². The van der Waals surface area contributed by atoms with E-state index in [4.69, 9.17) is 4.98 Å². The molecule has 354 valence electrons.